The van der Waals surface area contributed by atoms with Gasteiger partial charge in [-0.05, 0) is 32.1 Å². The van der Waals surface area contributed by atoms with Crippen LogP contribution in [0.2, 0.25) is 5.02 Å². The van der Waals surface area contributed by atoms with Gasteiger partial charge in [-0.2, -0.15) is 0 Å². The highest BCUT2D eigenvalue weighted by atomic mass is 35.5. The van der Waals surface area contributed by atoms with Crippen LogP contribution in [-0.2, 0) is 10.0 Å². The number of halogens is 2. The maximum absolute atomic E-state index is 13.8. The quantitative estimate of drug-likeness (QED) is 0.818. The Kier molecular flexibility index (Phi) is 4.00. The molecule has 0 aromatic heterocycles. The largest absolute Gasteiger partial charge is 0.396 e. The second-order valence-electron chi connectivity index (χ2n) is 4.68. The molecule has 1 atom stereocenters. The zero-order valence-corrected chi connectivity index (χ0v) is 11.9. The fraction of sp³-hybridized carbons (Fsp3) is 0.455. The molecule has 0 aliphatic carbocycles. The number of nitrogens with two attached hydrogens (primary N) is 1. The summed E-state index contributed by atoms with van der Waals surface area (Å²) in [5.41, 5.74) is 5.11. The molecule has 0 radical (unpaired) electrons. The summed E-state index contributed by atoms with van der Waals surface area (Å²) < 4.78 is 40.6. The fourth-order valence-corrected chi connectivity index (χ4v) is 3.78. The van der Waals surface area contributed by atoms with E-state index < -0.39 is 20.7 Å². The predicted octanol–water partition coefficient (Wildman–Crippen LogP) is 1.04. The van der Waals surface area contributed by atoms with Gasteiger partial charge in [0.1, 0.15) is 4.90 Å². The van der Waals surface area contributed by atoms with Crippen LogP contribution in [0.1, 0.15) is 6.42 Å². The van der Waals surface area contributed by atoms with E-state index in [1.54, 1.807) is 0 Å². The van der Waals surface area contributed by atoms with Crippen molar-refractivity contribution in [1.82, 2.24) is 9.62 Å². The number of sulfonamides is 1. The van der Waals surface area contributed by atoms with Gasteiger partial charge in [-0.3, -0.25) is 0 Å². The minimum absolute atomic E-state index is 0.0859. The average molecular weight is 308 g/mol. The van der Waals surface area contributed by atoms with Crippen LogP contribution in [0.3, 0.4) is 0 Å². The molecule has 8 heteroatoms. The van der Waals surface area contributed by atoms with Crippen molar-refractivity contribution in [1.29, 1.82) is 0 Å². The number of nitrogens with one attached hydrogen (secondary N) is 1. The van der Waals surface area contributed by atoms with Crippen LogP contribution in [0.5, 0.6) is 0 Å². The summed E-state index contributed by atoms with van der Waals surface area (Å²) in [6.45, 7) is 1.39. The molecular weight excluding hydrogens is 293 g/mol. The first-order valence-electron chi connectivity index (χ1n) is 5.75. The molecular formula is C11H15ClFN3O2S. The molecule has 0 bridgehead atoms. The Labute approximate surface area is 116 Å². The lowest BCUT2D eigenvalue weighted by atomic mass is 10.3. The summed E-state index contributed by atoms with van der Waals surface area (Å²) in [7, 11) is -2.06. The summed E-state index contributed by atoms with van der Waals surface area (Å²) in [6, 6.07) is 2.02. The van der Waals surface area contributed by atoms with Gasteiger partial charge in [-0.25, -0.2) is 17.5 Å². The minimum atomic E-state index is -3.96. The zero-order chi connectivity index (χ0) is 14.2. The number of hydrogen-bond donors (Lipinski definition) is 2. The van der Waals surface area contributed by atoms with Gasteiger partial charge < -0.3 is 10.6 Å². The Morgan fingerprint density at radius 2 is 2.21 bits per heavy atom. The maximum atomic E-state index is 13.8. The van der Waals surface area contributed by atoms with Crippen molar-refractivity contribution in [2.45, 2.75) is 17.4 Å². The van der Waals surface area contributed by atoms with Gasteiger partial charge in [0.2, 0.25) is 10.0 Å². The first kappa shape index (κ1) is 14.5. The highest BCUT2D eigenvalue weighted by Crippen LogP contribution is 2.25. The van der Waals surface area contributed by atoms with Crippen molar-refractivity contribution >= 4 is 27.3 Å². The smallest absolute Gasteiger partial charge is 0.243 e. The number of benzene rings is 1. The van der Waals surface area contributed by atoms with E-state index in [2.05, 4.69) is 4.72 Å². The van der Waals surface area contributed by atoms with Gasteiger partial charge >= 0.3 is 0 Å². The van der Waals surface area contributed by atoms with E-state index in [1.165, 1.54) is 6.07 Å². The third-order valence-corrected chi connectivity index (χ3v) is 4.77. The molecule has 1 fully saturated rings. The molecule has 1 aliphatic heterocycles. The molecule has 2 rings (SSSR count). The molecule has 19 heavy (non-hydrogen) atoms. The van der Waals surface area contributed by atoms with Crippen molar-refractivity contribution in [3.63, 3.8) is 0 Å². The van der Waals surface area contributed by atoms with Crippen molar-refractivity contribution in [2.24, 2.45) is 0 Å². The molecule has 1 unspecified atom stereocenters. The Morgan fingerprint density at radius 3 is 2.79 bits per heavy atom. The third kappa shape index (κ3) is 3.17. The maximum Gasteiger partial charge on any atom is 0.243 e. The summed E-state index contributed by atoms with van der Waals surface area (Å²) in [6.07, 6.45) is 0.688. The van der Waals surface area contributed by atoms with Crippen LogP contribution in [0, 0.1) is 5.82 Å². The second kappa shape index (κ2) is 5.24. The van der Waals surface area contributed by atoms with E-state index in [9.17, 15) is 12.8 Å². The Bertz CT molecular complexity index is 594. The predicted molar refractivity (Wildman–Crippen MR) is 72.0 cm³/mol. The van der Waals surface area contributed by atoms with Gasteiger partial charge in [0.15, 0.2) is 5.82 Å². The molecule has 0 saturated carbocycles. The van der Waals surface area contributed by atoms with Crippen LogP contribution in [-0.4, -0.2) is 39.5 Å². The average Bonchev–Trinajstić information content (AvgIpc) is 2.68. The van der Waals surface area contributed by atoms with E-state index in [-0.39, 0.29) is 16.8 Å². The number of hydrogen-bond acceptors (Lipinski definition) is 4. The molecule has 1 aromatic rings. The lowest BCUT2D eigenvalue weighted by Crippen LogP contribution is -2.36. The number of anilines is 1. The minimum Gasteiger partial charge on any atom is -0.396 e. The summed E-state index contributed by atoms with van der Waals surface area (Å²) in [5.74, 6) is -0.969. The first-order chi connectivity index (χ1) is 8.79. The molecule has 1 aromatic carbocycles. The fourth-order valence-electron chi connectivity index (χ4n) is 2.09. The normalized spacial score (nSPS) is 20.9. The summed E-state index contributed by atoms with van der Waals surface area (Å²) in [4.78, 5) is 1.49. The van der Waals surface area contributed by atoms with Gasteiger partial charge in [-0.15, -0.1) is 0 Å². The van der Waals surface area contributed by atoms with Gasteiger partial charge in [0.25, 0.3) is 0 Å². The number of likely N-dealkylation sites (N-methyl/N-ethyl adjacent to an activating group) is 1. The molecule has 1 aliphatic rings. The number of rotatable bonds is 3. The molecule has 1 saturated heterocycles. The molecule has 106 valence electrons. The van der Waals surface area contributed by atoms with Gasteiger partial charge in [0.05, 0.1) is 5.69 Å². The van der Waals surface area contributed by atoms with E-state index in [1.807, 2.05) is 11.9 Å². The lowest BCUT2D eigenvalue weighted by molar-refractivity contribution is 0.407. The Balaban J connectivity index is 2.29. The Hall–Kier alpha value is -0.890. The second-order valence-corrected chi connectivity index (χ2v) is 6.80. The van der Waals surface area contributed by atoms with Crippen LogP contribution >= 0.6 is 11.6 Å². The van der Waals surface area contributed by atoms with Crippen molar-refractivity contribution in [2.75, 3.05) is 25.9 Å². The van der Waals surface area contributed by atoms with E-state index in [4.69, 9.17) is 17.3 Å². The highest BCUT2D eigenvalue weighted by Gasteiger charge is 2.28. The van der Waals surface area contributed by atoms with Crippen LogP contribution in [0.25, 0.3) is 0 Å². The number of nitrogens with zero attached hydrogens (tertiary/aromatic N) is 1. The van der Waals surface area contributed by atoms with E-state index in [0.717, 1.165) is 12.6 Å². The highest BCUT2D eigenvalue weighted by molar-refractivity contribution is 7.89. The molecule has 5 nitrogen and oxygen atoms in total. The molecule has 0 amide bonds. The molecule has 3 N–H and O–H groups in total. The van der Waals surface area contributed by atoms with E-state index >= 15 is 0 Å². The third-order valence-electron chi connectivity index (χ3n) is 3.03. The van der Waals surface area contributed by atoms with Crippen molar-refractivity contribution in [3.8, 4) is 0 Å². The number of likely N-dealkylation sites (tertiary alicyclic amines) is 1. The lowest BCUT2D eigenvalue weighted by Gasteiger charge is -2.14. The zero-order valence-electron chi connectivity index (χ0n) is 10.4. The topological polar surface area (TPSA) is 75.4 Å². The van der Waals surface area contributed by atoms with Crippen molar-refractivity contribution < 1.29 is 12.8 Å². The molecule has 1 heterocycles. The van der Waals surface area contributed by atoms with Crippen LogP contribution < -0.4 is 10.5 Å². The van der Waals surface area contributed by atoms with Crippen LogP contribution in [0.4, 0.5) is 10.1 Å². The monoisotopic (exact) mass is 307 g/mol. The summed E-state index contributed by atoms with van der Waals surface area (Å²) in [5, 5.41) is 0.0859. The summed E-state index contributed by atoms with van der Waals surface area (Å²) >= 11 is 5.72. The first-order valence-corrected chi connectivity index (χ1v) is 7.61. The standard InChI is InChI=1S/C11H15ClFN3O2S/c1-16-3-2-8(6-16)15-19(17,18)10-5-7(12)4-9(14)11(10)13/h4-5,8,15H,2-3,6,14H2,1H3. The van der Waals surface area contributed by atoms with Gasteiger partial charge in [0, 0.05) is 17.6 Å². The van der Waals surface area contributed by atoms with Crippen molar-refractivity contribution in [3.05, 3.63) is 23.0 Å². The SMILES string of the molecule is CN1CCC(NS(=O)(=O)c2cc(Cl)cc(N)c2F)C1. The van der Waals surface area contributed by atoms with Crippen LogP contribution in [0.15, 0.2) is 17.0 Å². The van der Waals surface area contributed by atoms with Gasteiger partial charge in [-0.1, -0.05) is 11.6 Å². The number of nitrogen functional groups attached to an aromatic ring is 1. The van der Waals surface area contributed by atoms with E-state index in [0.29, 0.717) is 13.0 Å². The Morgan fingerprint density at radius 1 is 1.53 bits per heavy atom. The molecule has 0 spiro atoms.